The molecule has 8 nitrogen and oxygen atoms in total. The quantitative estimate of drug-likeness (QED) is 0.0481. The molecule has 0 saturated carbocycles. The number of unbranched alkanes of at least 4 members (excludes halogenated alkanes) is 3. The maximum Gasteiger partial charge on any atom is 0.303 e. The van der Waals surface area contributed by atoms with E-state index in [1.807, 2.05) is 0 Å². The summed E-state index contributed by atoms with van der Waals surface area (Å²) in [4.78, 5) is 24.5. The van der Waals surface area contributed by atoms with Crippen molar-refractivity contribution in [2.75, 3.05) is 17.2 Å². The van der Waals surface area contributed by atoms with Crippen molar-refractivity contribution < 1.29 is 49.8 Å². The van der Waals surface area contributed by atoms with Crippen LogP contribution in [0.2, 0.25) is 0 Å². The van der Waals surface area contributed by atoms with Gasteiger partial charge in [-0.3, -0.25) is 14.5 Å². The number of nitrogens with zero attached hydrogens (tertiary/aromatic N) is 2. The molecule has 3 rings (SSSR count). The van der Waals surface area contributed by atoms with Crippen LogP contribution in [0.15, 0.2) is 54.8 Å². The molecule has 0 spiro atoms. The van der Waals surface area contributed by atoms with E-state index >= 15 is 8.78 Å². The second-order valence-electron chi connectivity index (χ2n) is 10.7. The number of carboxylic acids is 1. The van der Waals surface area contributed by atoms with Gasteiger partial charge in [0.1, 0.15) is 6.54 Å². The third-order valence-electron chi connectivity index (χ3n) is 7.49. The third-order valence-corrected chi connectivity index (χ3v) is 8.28. The van der Waals surface area contributed by atoms with Crippen LogP contribution in [-0.2, 0) is 25.1 Å². The van der Waals surface area contributed by atoms with E-state index in [1.165, 1.54) is 47.8 Å². The molecule has 1 N–H and O–H groups in total. The van der Waals surface area contributed by atoms with E-state index in [9.17, 15) is 31.3 Å². The molecule has 1 atom stereocenters. The molecule has 0 radical (unpaired) electrons. The average Bonchev–Trinajstić information content (AvgIpc) is 3.20. The molecule has 0 aliphatic carbocycles. The molecule has 44 heavy (non-hydrogen) atoms. The summed E-state index contributed by atoms with van der Waals surface area (Å²) in [7, 11) is -4.54. The number of carbonyl (C=O) groups is 2. The highest BCUT2D eigenvalue weighted by molar-refractivity contribution is 7.85. The monoisotopic (exact) mass is 638 g/mol. The Hall–Kier alpha value is -3.84. The summed E-state index contributed by atoms with van der Waals surface area (Å²) < 4.78 is 94.7. The zero-order chi connectivity index (χ0) is 32.7. The Labute approximate surface area is 253 Å². The minimum Gasteiger partial charge on any atom is -0.748 e. The first-order chi connectivity index (χ1) is 20.7. The molecule has 2 aromatic rings. The number of hydrogen-bond donors (Lipinski definition) is 1. The summed E-state index contributed by atoms with van der Waals surface area (Å²) in [5.41, 5.74) is -1.59. The van der Waals surface area contributed by atoms with Crippen molar-refractivity contribution in [2.24, 2.45) is 0 Å². The van der Waals surface area contributed by atoms with Crippen molar-refractivity contribution >= 4 is 39.1 Å². The lowest BCUT2D eigenvalue weighted by Crippen LogP contribution is -2.32. The Morgan fingerprint density at radius 3 is 2.23 bits per heavy atom. The molecule has 0 aromatic heterocycles. The number of benzene rings is 2. The van der Waals surface area contributed by atoms with E-state index in [1.54, 1.807) is 30.3 Å². The molecular formula is C31H34F4N2O6S. The molecular weight excluding hydrogens is 604 g/mol. The number of carboxylic acid groups (broad SMARTS) is 1. The van der Waals surface area contributed by atoms with E-state index in [0.29, 0.717) is 24.9 Å². The van der Waals surface area contributed by atoms with Crippen molar-refractivity contribution in [2.45, 2.75) is 64.2 Å². The van der Waals surface area contributed by atoms with Gasteiger partial charge in [-0.05, 0) is 50.8 Å². The summed E-state index contributed by atoms with van der Waals surface area (Å²) in [5.74, 6) is -9.12. The SMILES string of the molecule is CC(=O)N(/C=C/C=C/C1=[N+](CCCCCC(=O)O)c2c(F)c(F)c(F)c(F)c2C1(C)CCCCS(=O)(=O)[O-])c1ccccc1. The van der Waals surface area contributed by atoms with Crippen molar-refractivity contribution in [3.05, 3.63) is 83.6 Å². The van der Waals surface area contributed by atoms with E-state index in [0.717, 1.165) is 0 Å². The summed E-state index contributed by atoms with van der Waals surface area (Å²) in [6.07, 6.45) is 6.80. The lowest BCUT2D eigenvalue weighted by molar-refractivity contribution is -0.441. The molecule has 1 unspecified atom stereocenters. The Balaban J connectivity index is 2.09. The molecule has 0 saturated heterocycles. The van der Waals surface area contributed by atoms with E-state index in [-0.39, 0.29) is 43.8 Å². The van der Waals surface area contributed by atoms with Crippen molar-refractivity contribution in [1.82, 2.24) is 0 Å². The molecule has 1 heterocycles. The number of hydrogen-bond acceptors (Lipinski definition) is 5. The lowest BCUT2D eigenvalue weighted by Gasteiger charge is -2.23. The first-order valence-electron chi connectivity index (χ1n) is 14.1. The van der Waals surface area contributed by atoms with E-state index in [4.69, 9.17) is 5.11 Å². The van der Waals surface area contributed by atoms with Gasteiger partial charge >= 0.3 is 5.97 Å². The molecule has 0 bridgehead atoms. The number of carbonyl (C=O) groups excluding carboxylic acids is 1. The summed E-state index contributed by atoms with van der Waals surface area (Å²) in [5, 5.41) is 8.93. The average molecular weight is 639 g/mol. The van der Waals surface area contributed by atoms with Crippen LogP contribution in [0, 0.1) is 23.3 Å². The fraction of sp³-hybridized carbons (Fsp3) is 0.387. The maximum atomic E-state index is 15.5. The van der Waals surface area contributed by atoms with Gasteiger partial charge in [0, 0.05) is 43.5 Å². The molecule has 1 amide bonds. The number of rotatable bonds is 15. The molecule has 1 aliphatic rings. The van der Waals surface area contributed by atoms with Crippen LogP contribution in [0.5, 0.6) is 0 Å². The van der Waals surface area contributed by atoms with Gasteiger partial charge in [-0.15, -0.1) is 0 Å². The topological polar surface area (TPSA) is 118 Å². The van der Waals surface area contributed by atoms with Gasteiger partial charge in [-0.2, -0.15) is 8.97 Å². The number of fused-ring (bicyclic) bond motifs is 1. The number of halogens is 4. The van der Waals surface area contributed by atoms with Crippen LogP contribution in [0.4, 0.5) is 28.9 Å². The van der Waals surface area contributed by atoms with Crippen LogP contribution in [-0.4, -0.2) is 52.5 Å². The first-order valence-corrected chi connectivity index (χ1v) is 15.6. The van der Waals surface area contributed by atoms with Crippen LogP contribution < -0.4 is 4.90 Å². The van der Waals surface area contributed by atoms with Crippen LogP contribution in [0.3, 0.4) is 0 Å². The predicted octanol–water partition coefficient (Wildman–Crippen LogP) is 6.08. The number of aliphatic carboxylic acids is 1. The highest BCUT2D eigenvalue weighted by atomic mass is 32.2. The van der Waals surface area contributed by atoms with E-state index < -0.39 is 61.8 Å². The maximum absolute atomic E-state index is 15.5. The van der Waals surface area contributed by atoms with Gasteiger partial charge in [0.2, 0.25) is 17.5 Å². The Bertz CT molecular complexity index is 1590. The van der Waals surface area contributed by atoms with Gasteiger partial charge < -0.3 is 9.66 Å². The van der Waals surface area contributed by atoms with E-state index in [2.05, 4.69) is 0 Å². The van der Waals surface area contributed by atoms with Crippen molar-refractivity contribution in [3.8, 4) is 0 Å². The number of anilines is 1. The second kappa shape index (κ2) is 14.8. The Morgan fingerprint density at radius 2 is 1.61 bits per heavy atom. The van der Waals surface area contributed by atoms with Crippen molar-refractivity contribution in [3.63, 3.8) is 0 Å². The minimum absolute atomic E-state index is 0.00551. The second-order valence-corrected chi connectivity index (χ2v) is 12.2. The van der Waals surface area contributed by atoms with Gasteiger partial charge in [-0.25, -0.2) is 21.6 Å². The molecule has 1 aliphatic heterocycles. The zero-order valence-corrected chi connectivity index (χ0v) is 25.2. The Morgan fingerprint density at radius 1 is 0.955 bits per heavy atom. The predicted molar refractivity (Wildman–Crippen MR) is 156 cm³/mol. The highest BCUT2D eigenvalue weighted by Gasteiger charge is 2.53. The normalized spacial score (nSPS) is 16.7. The highest BCUT2D eigenvalue weighted by Crippen LogP contribution is 2.47. The number of amides is 1. The van der Waals surface area contributed by atoms with Crippen molar-refractivity contribution in [1.29, 1.82) is 0 Å². The number of allylic oxidation sites excluding steroid dienone is 3. The third kappa shape index (κ3) is 8.20. The molecule has 238 valence electrons. The number of para-hydroxylation sites is 1. The van der Waals surface area contributed by atoms with Gasteiger partial charge in [0.15, 0.2) is 17.3 Å². The van der Waals surface area contributed by atoms with Gasteiger partial charge in [-0.1, -0.05) is 30.7 Å². The summed E-state index contributed by atoms with van der Waals surface area (Å²) >= 11 is 0. The first kappa shape index (κ1) is 34.6. The largest absolute Gasteiger partial charge is 0.748 e. The summed E-state index contributed by atoms with van der Waals surface area (Å²) in [6.45, 7) is 2.87. The molecule has 13 heteroatoms. The Kier molecular flexibility index (Phi) is 11.6. The smallest absolute Gasteiger partial charge is 0.303 e. The fourth-order valence-electron chi connectivity index (χ4n) is 5.41. The minimum atomic E-state index is -4.54. The van der Waals surface area contributed by atoms with Gasteiger partial charge in [0.25, 0.3) is 5.69 Å². The fourth-order valence-corrected chi connectivity index (χ4v) is 5.96. The summed E-state index contributed by atoms with van der Waals surface area (Å²) in [6, 6.07) is 8.72. The van der Waals surface area contributed by atoms with Crippen LogP contribution >= 0.6 is 0 Å². The standard InChI is InChI=1S/C31H34F4N2O6S/c1-21(38)36(22-13-5-3-6-14-22)18-11-8-15-23-31(2,17-9-12-20-44(41,42)43)25-26(32)27(33)28(34)29(35)30(25)37(23)19-10-4-7-16-24(39)40/h3,5-6,8,11,13-15,18H,4,7,9-10,12,16-17,19-20H2,1-2H3,(H-,39,40,41,42,43). The molecule has 2 aromatic carbocycles. The van der Waals surface area contributed by atoms with Gasteiger partial charge in [0.05, 0.1) is 21.1 Å². The molecule has 0 fully saturated rings. The van der Waals surface area contributed by atoms with Crippen LogP contribution in [0.1, 0.15) is 64.4 Å². The van der Waals surface area contributed by atoms with Crippen LogP contribution in [0.25, 0.3) is 0 Å². The lowest BCUT2D eigenvalue weighted by atomic mass is 9.75. The zero-order valence-electron chi connectivity index (χ0n) is 24.4.